The lowest BCUT2D eigenvalue weighted by Crippen LogP contribution is -2.71. The van der Waals surface area contributed by atoms with E-state index in [4.69, 9.17) is 4.74 Å². The zero-order valence-corrected chi connectivity index (χ0v) is 17.1. The van der Waals surface area contributed by atoms with Crippen molar-refractivity contribution in [3.8, 4) is 0 Å². The molecule has 162 valence electrons. The molecule has 0 saturated carbocycles. The molecule has 1 unspecified atom stereocenters. The van der Waals surface area contributed by atoms with Crippen LogP contribution in [0.1, 0.15) is 30.7 Å². The molecule has 1 atom stereocenters. The number of hydrogen-bond donors (Lipinski definition) is 0. The molecule has 0 radical (unpaired) electrons. The molecule has 0 N–H and O–H groups in total. The first kappa shape index (κ1) is 21.0. The summed E-state index contributed by atoms with van der Waals surface area (Å²) in [5, 5.41) is 0. The SMILES string of the molecule is C=CC(=O)N1CC2(CCN(C(=O)C(c3ccccc3)C3CCOCC3)CC2(F)F)C1. The fourth-order valence-corrected chi connectivity index (χ4v) is 5.09. The Morgan fingerprint density at radius 1 is 1.10 bits per heavy atom. The van der Waals surface area contributed by atoms with Crippen LogP contribution in [0.25, 0.3) is 0 Å². The number of piperidine rings is 1. The first-order valence-electron chi connectivity index (χ1n) is 10.6. The highest BCUT2D eigenvalue weighted by Gasteiger charge is 2.64. The Bertz CT molecular complexity index is 802. The minimum Gasteiger partial charge on any atom is -0.381 e. The number of likely N-dealkylation sites (tertiary alicyclic amines) is 2. The van der Waals surface area contributed by atoms with Gasteiger partial charge in [0.2, 0.25) is 11.8 Å². The molecule has 1 spiro atoms. The topological polar surface area (TPSA) is 49.9 Å². The van der Waals surface area contributed by atoms with Gasteiger partial charge < -0.3 is 14.5 Å². The van der Waals surface area contributed by atoms with Crippen LogP contribution in [0.5, 0.6) is 0 Å². The molecule has 30 heavy (non-hydrogen) atoms. The number of rotatable bonds is 4. The summed E-state index contributed by atoms with van der Waals surface area (Å²) in [7, 11) is 0. The highest BCUT2D eigenvalue weighted by atomic mass is 19.3. The third-order valence-corrected chi connectivity index (χ3v) is 6.97. The maximum absolute atomic E-state index is 15.2. The number of halogens is 2. The van der Waals surface area contributed by atoms with Crippen molar-refractivity contribution >= 4 is 11.8 Å². The molecular weight excluding hydrogens is 390 g/mol. The second-order valence-electron chi connectivity index (χ2n) is 8.73. The van der Waals surface area contributed by atoms with Gasteiger partial charge in [-0.2, -0.15) is 0 Å². The maximum atomic E-state index is 15.2. The third-order valence-electron chi connectivity index (χ3n) is 6.97. The van der Waals surface area contributed by atoms with E-state index in [2.05, 4.69) is 6.58 Å². The number of ether oxygens (including phenoxy) is 1. The minimum atomic E-state index is -3.03. The average molecular weight is 418 g/mol. The van der Waals surface area contributed by atoms with Crippen molar-refractivity contribution < 1.29 is 23.1 Å². The Morgan fingerprint density at radius 3 is 2.37 bits per heavy atom. The van der Waals surface area contributed by atoms with E-state index in [0.29, 0.717) is 13.2 Å². The van der Waals surface area contributed by atoms with E-state index in [1.54, 1.807) is 0 Å². The molecule has 0 bridgehead atoms. The summed E-state index contributed by atoms with van der Waals surface area (Å²) in [6, 6.07) is 9.47. The number of hydrogen-bond acceptors (Lipinski definition) is 3. The summed E-state index contributed by atoms with van der Waals surface area (Å²) < 4.78 is 35.8. The van der Waals surface area contributed by atoms with Crippen LogP contribution in [0.15, 0.2) is 43.0 Å². The summed E-state index contributed by atoms with van der Waals surface area (Å²) in [5.41, 5.74) is -0.354. The lowest BCUT2D eigenvalue weighted by Gasteiger charge is -2.57. The molecule has 1 aromatic carbocycles. The summed E-state index contributed by atoms with van der Waals surface area (Å²) in [6.07, 6.45) is 2.85. The molecule has 0 aromatic heterocycles. The fourth-order valence-electron chi connectivity index (χ4n) is 5.09. The van der Waals surface area contributed by atoms with Crippen LogP contribution in [0.3, 0.4) is 0 Å². The highest BCUT2D eigenvalue weighted by molar-refractivity contribution is 5.88. The predicted molar refractivity (Wildman–Crippen MR) is 108 cm³/mol. The van der Waals surface area contributed by atoms with Crippen LogP contribution < -0.4 is 0 Å². The van der Waals surface area contributed by atoms with Crippen LogP contribution in [0.4, 0.5) is 8.78 Å². The number of benzene rings is 1. The molecule has 7 heteroatoms. The Hall–Kier alpha value is -2.28. The Kier molecular flexibility index (Phi) is 5.66. The zero-order chi connectivity index (χ0) is 21.4. The molecule has 3 heterocycles. The fraction of sp³-hybridized carbons (Fsp3) is 0.565. The van der Waals surface area contributed by atoms with Gasteiger partial charge in [-0.25, -0.2) is 8.78 Å². The molecular formula is C23H28F2N2O3. The van der Waals surface area contributed by atoms with Crippen LogP contribution in [0, 0.1) is 11.3 Å². The molecule has 5 nitrogen and oxygen atoms in total. The Morgan fingerprint density at radius 2 is 1.77 bits per heavy atom. The molecule has 3 aliphatic heterocycles. The quantitative estimate of drug-likeness (QED) is 0.706. The highest BCUT2D eigenvalue weighted by Crippen LogP contribution is 2.50. The minimum absolute atomic E-state index is 0.0228. The van der Waals surface area contributed by atoms with E-state index in [1.165, 1.54) is 9.80 Å². The molecule has 0 aliphatic carbocycles. The number of carbonyl (C=O) groups is 2. The normalized spacial score (nSPS) is 24.2. The van der Waals surface area contributed by atoms with Gasteiger partial charge in [0.1, 0.15) is 0 Å². The van der Waals surface area contributed by atoms with E-state index in [9.17, 15) is 9.59 Å². The summed E-state index contributed by atoms with van der Waals surface area (Å²) in [4.78, 5) is 27.9. The van der Waals surface area contributed by atoms with Gasteiger partial charge in [-0.15, -0.1) is 0 Å². The van der Waals surface area contributed by atoms with E-state index in [0.717, 1.165) is 24.5 Å². The molecule has 4 rings (SSSR count). The van der Waals surface area contributed by atoms with Crippen molar-refractivity contribution in [3.05, 3.63) is 48.6 Å². The number of carbonyl (C=O) groups excluding carboxylic acids is 2. The Balaban J connectivity index is 1.51. The summed E-state index contributed by atoms with van der Waals surface area (Å²) in [5.74, 6) is -3.92. The van der Waals surface area contributed by atoms with Gasteiger partial charge >= 0.3 is 0 Å². The van der Waals surface area contributed by atoms with Gasteiger partial charge in [0.05, 0.1) is 17.9 Å². The van der Waals surface area contributed by atoms with Gasteiger partial charge in [-0.3, -0.25) is 9.59 Å². The van der Waals surface area contributed by atoms with Gasteiger partial charge in [-0.1, -0.05) is 36.9 Å². The number of amides is 2. The van der Waals surface area contributed by atoms with Crippen molar-refractivity contribution in [3.63, 3.8) is 0 Å². The van der Waals surface area contributed by atoms with Crippen molar-refractivity contribution in [2.75, 3.05) is 39.4 Å². The second-order valence-corrected chi connectivity index (χ2v) is 8.73. The van der Waals surface area contributed by atoms with Crippen molar-refractivity contribution in [1.29, 1.82) is 0 Å². The van der Waals surface area contributed by atoms with E-state index >= 15 is 8.78 Å². The van der Waals surface area contributed by atoms with Gasteiger partial charge in [0, 0.05) is 32.8 Å². The van der Waals surface area contributed by atoms with Gasteiger partial charge in [0.15, 0.2) is 0 Å². The first-order chi connectivity index (χ1) is 14.4. The summed E-state index contributed by atoms with van der Waals surface area (Å²) in [6.45, 7) is 4.35. The first-order valence-corrected chi connectivity index (χ1v) is 10.6. The van der Waals surface area contributed by atoms with Crippen molar-refractivity contribution in [2.45, 2.75) is 31.1 Å². The van der Waals surface area contributed by atoms with Crippen LogP contribution >= 0.6 is 0 Å². The van der Waals surface area contributed by atoms with Crippen LogP contribution in [-0.4, -0.2) is 66.9 Å². The molecule has 3 fully saturated rings. The standard InChI is InChI=1S/C23H28F2N2O3/c1-2-19(28)27-14-22(15-27)10-11-26(16-23(22,24)25)21(29)20(17-6-4-3-5-7-17)18-8-12-30-13-9-18/h2-7,18,20H,1,8-16H2. The predicted octanol–water partition coefficient (Wildman–Crippen LogP) is 3.08. The van der Waals surface area contributed by atoms with Crippen molar-refractivity contribution in [1.82, 2.24) is 9.80 Å². The van der Waals surface area contributed by atoms with Crippen molar-refractivity contribution in [2.24, 2.45) is 11.3 Å². The van der Waals surface area contributed by atoms with Crippen LogP contribution in [-0.2, 0) is 14.3 Å². The Labute approximate surface area is 175 Å². The number of nitrogens with zero attached hydrogens (tertiary/aromatic N) is 2. The van der Waals surface area contributed by atoms with Gasteiger partial charge in [0.25, 0.3) is 5.92 Å². The summed E-state index contributed by atoms with van der Waals surface area (Å²) >= 11 is 0. The molecule has 3 aliphatic rings. The monoisotopic (exact) mass is 418 g/mol. The van der Waals surface area contributed by atoms with E-state index in [-0.39, 0.29) is 43.8 Å². The molecule has 3 saturated heterocycles. The second kappa shape index (κ2) is 8.10. The number of alkyl halides is 2. The average Bonchev–Trinajstić information content (AvgIpc) is 2.73. The van der Waals surface area contributed by atoms with E-state index in [1.807, 2.05) is 30.3 Å². The zero-order valence-electron chi connectivity index (χ0n) is 17.1. The lowest BCUT2D eigenvalue weighted by molar-refractivity contribution is -0.223. The maximum Gasteiger partial charge on any atom is 0.274 e. The van der Waals surface area contributed by atoms with Crippen LogP contribution in [0.2, 0.25) is 0 Å². The third kappa shape index (κ3) is 3.64. The van der Waals surface area contributed by atoms with Gasteiger partial charge in [-0.05, 0) is 36.8 Å². The smallest absolute Gasteiger partial charge is 0.274 e. The molecule has 2 amide bonds. The lowest BCUT2D eigenvalue weighted by atomic mass is 9.68. The molecule has 1 aromatic rings. The van der Waals surface area contributed by atoms with E-state index < -0.39 is 23.8 Å². The largest absolute Gasteiger partial charge is 0.381 e.